The van der Waals surface area contributed by atoms with Crippen LogP contribution >= 0.6 is 0 Å². The average Bonchev–Trinajstić information content (AvgIpc) is 1.80. The lowest BCUT2D eigenvalue weighted by atomic mass is 10.2. The van der Waals surface area contributed by atoms with Crippen molar-refractivity contribution in [2.45, 2.75) is 6.42 Å². The Hall–Kier alpha value is -1.32. The van der Waals surface area contributed by atoms with Gasteiger partial charge < -0.3 is 9.84 Å². The van der Waals surface area contributed by atoms with E-state index in [4.69, 9.17) is 5.11 Å². The van der Waals surface area contributed by atoms with Crippen molar-refractivity contribution in [1.82, 2.24) is 0 Å². The normalized spacial score (nSPS) is 18.9. The minimum atomic E-state index is -0.627. The van der Waals surface area contributed by atoms with Gasteiger partial charge in [0.25, 0.3) is 0 Å². The largest absolute Gasteiger partial charge is 0.502 e. The molecule has 0 amide bonds. The number of ether oxygens (including phenoxy) is 1. The van der Waals surface area contributed by atoms with Crippen LogP contribution in [0.15, 0.2) is 12.0 Å². The molecule has 1 rings (SSSR count). The number of Topliss-reactive ketones (excluding diaryl/α,β-unsaturated/α-hetero) is 1. The molecular formula is C5H4O4. The third kappa shape index (κ3) is 1.07. The highest BCUT2D eigenvalue weighted by molar-refractivity contribution is 6.05. The summed E-state index contributed by atoms with van der Waals surface area (Å²) in [6.45, 7) is 0. The van der Waals surface area contributed by atoms with E-state index in [2.05, 4.69) is 4.74 Å². The predicted octanol–water partition coefficient (Wildman–Crippen LogP) is -0.0982. The van der Waals surface area contributed by atoms with E-state index in [1.165, 1.54) is 0 Å². The molecule has 0 aromatic carbocycles. The first-order chi connectivity index (χ1) is 4.20. The second kappa shape index (κ2) is 1.89. The number of cyclic esters (lactones) is 1. The van der Waals surface area contributed by atoms with Crippen molar-refractivity contribution < 1.29 is 19.4 Å². The highest BCUT2D eigenvalue weighted by Gasteiger charge is 2.19. The number of carbonyl (C=O) groups excluding carboxylic acids is 2. The number of carbonyl (C=O) groups is 2. The summed E-state index contributed by atoms with van der Waals surface area (Å²) in [4.78, 5) is 20.6. The van der Waals surface area contributed by atoms with Gasteiger partial charge in [-0.1, -0.05) is 0 Å². The maximum absolute atomic E-state index is 10.4. The van der Waals surface area contributed by atoms with Crippen LogP contribution in [0, 0.1) is 0 Å². The Morgan fingerprint density at radius 2 is 2.22 bits per heavy atom. The van der Waals surface area contributed by atoms with Crippen LogP contribution < -0.4 is 0 Å². The molecule has 0 atom stereocenters. The number of hydrogen-bond donors (Lipinski definition) is 1. The topological polar surface area (TPSA) is 63.6 Å². The Balaban J connectivity index is 2.79. The first-order valence-electron chi connectivity index (χ1n) is 2.32. The third-order valence-corrected chi connectivity index (χ3v) is 0.893. The van der Waals surface area contributed by atoms with E-state index >= 15 is 0 Å². The highest BCUT2D eigenvalue weighted by Crippen LogP contribution is 2.04. The Morgan fingerprint density at radius 3 is 2.67 bits per heavy atom. The van der Waals surface area contributed by atoms with Crippen LogP contribution in [0.2, 0.25) is 0 Å². The zero-order valence-corrected chi connectivity index (χ0v) is 4.46. The van der Waals surface area contributed by atoms with Gasteiger partial charge >= 0.3 is 5.97 Å². The molecule has 0 aromatic heterocycles. The number of aliphatic hydroxyl groups excluding tert-OH is 1. The standard InChI is InChI=1S/C5H4O4/c6-3-1-5(8)9-2-4(3)7/h2,7H,1H2. The second-order valence-corrected chi connectivity index (χ2v) is 1.59. The van der Waals surface area contributed by atoms with Crippen LogP contribution in [0.5, 0.6) is 0 Å². The summed E-state index contributed by atoms with van der Waals surface area (Å²) in [5.74, 6) is -1.71. The summed E-state index contributed by atoms with van der Waals surface area (Å²) in [5.41, 5.74) is 0. The maximum atomic E-state index is 10.4. The summed E-state index contributed by atoms with van der Waals surface area (Å²) in [7, 11) is 0. The first kappa shape index (κ1) is 5.81. The quantitative estimate of drug-likeness (QED) is 0.365. The zero-order valence-electron chi connectivity index (χ0n) is 4.46. The van der Waals surface area contributed by atoms with Gasteiger partial charge in [-0.05, 0) is 0 Å². The van der Waals surface area contributed by atoms with Crippen molar-refractivity contribution in [2.75, 3.05) is 0 Å². The van der Waals surface area contributed by atoms with Gasteiger partial charge in [0.2, 0.25) is 5.78 Å². The van der Waals surface area contributed by atoms with Gasteiger partial charge in [-0.25, -0.2) is 0 Å². The molecule has 0 radical (unpaired) electrons. The molecule has 1 aliphatic rings. The van der Waals surface area contributed by atoms with Crippen LogP contribution in [0.25, 0.3) is 0 Å². The van der Waals surface area contributed by atoms with Crippen molar-refractivity contribution in [3.63, 3.8) is 0 Å². The van der Waals surface area contributed by atoms with Gasteiger partial charge in [-0.15, -0.1) is 0 Å². The maximum Gasteiger partial charge on any atom is 0.318 e. The minimum Gasteiger partial charge on any atom is -0.502 e. The summed E-state index contributed by atoms with van der Waals surface area (Å²) < 4.78 is 4.19. The van der Waals surface area contributed by atoms with Gasteiger partial charge in [0, 0.05) is 0 Å². The molecule has 4 nitrogen and oxygen atoms in total. The fourth-order valence-electron chi connectivity index (χ4n) is 0.451. The lowest BCUT2D eigenvalue weighted by Crippen LogP contribution is -2.16. The van der Waals surface area contributed by atoms with E-state index in [-0.39, 0.29) is 6.42 Å². The summed E-state index contributed by atoms with van der Waals surface area (Å²) >= 11 is 0. The van der Waals surface area contributed by atoms with Crippen molar-refractivity contribution in [3.05, 3.63) is 12.0 Å². The number of ketones is 1. The van der Waals surface area contributed by atoms with Crippen LogP contribution in [-0.2, 0) is 14.3 Å². The Bertz CT molecular complexity index is 191. The van der Waals surface area contributed by atoms with Gasteiger partial charge in [0.15, 0.2) is 5.76 Å². The van der Waals surface area contributed by atoms with E-state index in [1.807, 2.05) is 0 Å². The Labute approximate surface area is 50.7 Å². The molecule has 0 saturated carbocycles. The number of allylic oxidation sites excluding steroid dienone is 1. The molecule has 0 aliphatic carbocycles. The summed E-state index contributed by atoms with van der Waals surface area (Å²) in [5, 5.41) is 8.53. The van der Waals surface area contributed by atoms with Crippen molar-refractivity contribution in [1.29, 1.82) is 0 Å². The Morgan fingerprint density at radius 1 is 1.56 bits per heavy atom. The fourth-order valence-corrected chi connectivity index (χ4v) is 0.451. The second-order valence-electron chi connectivity index (χ2n) is 1.59. The first-order valence-corrected chi connectivity index (χ1v) is 2.32. The molecule has 48 valence electrons. The minimum absolute atomic E-state index is 0.359. The molecule has 0 fully saturated rings. The zero-order chi connectivity index (χ0) is 6.85. The van der Waals surface area contributed by atoms with Crippen molar-refractivity contribution in [3.8, 4) is 0 Å². The number of aliphatic hydroxyl groups is 1. The molecule has 1 heterocycles. The van der Waals surface area contributed by atoms with Crippen LogP contribution in [0.4, 0.5) is 0 Å². The number of esters is 1. The third-order valence-electron chi connectivity index (χ3n) is 0.893. The molecule has 0 saturated heterocycles. The molecule has 0 bridgehead atoms. The molecule has 1 aliphatic heterocycles. The van der Waals surface area contributed by atoms with E-state index in [1.54, 1.807) is 0 Å². The molecular weight excluding hydrogens is 124 g/mol. The monoisotopic (exact) mass is 128 g/mol. The highest BCUT2D eigenvalue weighted by atomic mass is 16.5. The predicted molar refractivity (Wildman–Crippen MR) is 26.4 cm³/mol. The number of rotatable bonds is 0. The summed E-state index contributed by atoms with van der Waals surface area (Å²) in [6.07, 6.45) is 0.385. The fraction of sp³-hybridized carbons (Fsp3) is 0.200. The van der Waals surface area contributed by atoms with Gasteiger partial charge in [0.1, 0.15) is 12.7 Å². The van der Waals surface area contributed by atoms with E-state index in [0.717, 1.165) is 6.26 Å². The molecule has 1 N–H and O–H groups in total. The summed E-state index contributed by atoms with van der Waals surface area (Å²) in [6, 6.07) is 0. The van der Waals surface area contributed by atoms with E-state index in [9.17, 15) is 9.59 Å². The lowest BCUT2D eigenvalue weighted by Gasteiger charge is -2.04. The molecule has 4 heteroatoms. The van der Waals surface area contributed by atoms with E-state index < -0.39 is 17.5 Å². The van der Waals surface area contributed by atoms with Crippen LogP contribution in [0.1, 0.15) is 6.42 Å². The van der Waals surface area contributed by atoms with Crippen LogP contribution in [0.3, 0.4) is 0 Å². The smallest absolute Gasteiger partial charge is 0.318 e. The average molecular weight is 128 g/mol. The van der Waals surface area contributed by atoms with Gasteiger partial charge in [-0.3, -0.25) is 9.59 Å². The Kier molecular flexibility index (Phi) is 1.22. The molecule has 0 unspecified atom stereocenters. The van der Waals surface area contributed by atoms with Crippen molar-refractivity contribution in [2.24, 2.45) is 0 Å². The molecule has 0 spiro atoms. The molecule has 9 heavy (non-hydrogen) atoms. The van der Waals surface area contributed by atoms with Gasteiger partial charge in [-0.2, -0.15) is 0 Å². The lowest BCUT2D eigenvalue weighted by molar-refractivity contribution is -0.143. The van der Waals surface area contributed by atoms with Crippen molar-refractivity contribution >= 4 is 11.8 Å². The van der Waals surface area contributed by atoms with Gasteiger partial charge in [0.05, 0.1) is 0 Å². The SMILES string of the molecule is O=C1CC(=O)C(O)=CO1. The van der Waals surface area contributed by atoms with E-state index in [0.29, 0.717) is 0 Å². The number of hydrogen-bond acceptors (Lipinski definition) is 4. The molecule has 0 aromatic rings. The van der Waals surface area contributed by atoms with Crippen LogP contribution in [-0.4, -0.2) is 16.9 Å².